The van der Waals surface area contributed by atoms with Crippen molar-refractivity contribution in [2.45, 2.75) is 26.4 Å². The predicted octanol–water partition coefficient (Wildman–Crippen LogP) is 3.41. The van der Waals surface area contributed by atoms with Crippen LogP contribution in [0.3, 0.4) is 0 Å². The van der Waals surface area contributed by atoms with E-state index in [4.69, 9.17) is 16.9 Å². The third-order valence-electron chi connectivity index (χ3n) is 2.45. The van der Waals surface area contributed by atoms with Crippen LogP contribution in [0.2, 0.25) is 5.02 Å². The molecule has 0 amide bonds. The van der Waals surface area contributed by atoms with Crippen molar-refractivity contribution in [3.05, 3.63) is 28.8 Å². The highest BCUT2D eigenvalue weighted by Crippen LogP contribution is 2.40. The van der Waals surface area contributed by atoms with Crippen LogP contribution in [-0.4, -0.2) is 10.3 Å². The first-order valence-corrected chi connectivity index (χ1v) is 6.16. The van der Waals surface area contributed by atoms with Crippen molar-refractivity contribution in [1.29, 1.82) is 5.26 Å². The Balaban J connectivity index is 2.43. The molecule has 3 nitrogen and oxygen atoms in total. The SMILES string of the molecule is CC(C)N1Cc2cccc(Cl)c2N(C#N)S1. The lowest BCUT2D eigenvalue weighted by Crippen LogP contribution is -2.32. The van der Waals surface area contributed by atoms with Gasteiger partial charge in [0.2, 0.25) is 0 Å². The van der Waals surface area contributed by atoms with Gasteiger partial charge in [0.05, 0.1) is 22.8 Å². The molecule has 0 fully saturated rings. The van der Waals surface area contributed by atoms with Crippen LogP contribution in [0.4, 0.5) is 5.69 Å². The zero-order chi connectivity index (χ0) is 11.7. The summed E-state index contributed by atoms with van der Waals surface area (Å²) in [5, 5.41) is 9.77. The second-order valence-electron chi connectivity index (χ2n) is 3.89. The van der Waals surface area contributed by atoms with E-state index in [1.807, 2.05) is 18.2 Å². The lowest BCUT2D eigenvalue weighted by Gasteiger charge is -2.34. The Bertz CT molecular complexity index is 441. The summed E-state index contributed by atoms with van der Waals surface area (Å²) in [6, 6.07) is 6.13. The fourth-order valence-electron chi connectivity index (χ4n) is 1.60. The molecule has 1 aliphatic rings. The Morgan fingerprint density at radius 1 is 1.50 bits per heavy atom. The smallest absolute Gasteiger partial charge is 0.196 e. The molecular weight excluding hydrogens is 242 g/mol. The lowest BCUT2D eigenvalue weighted by molar-refractivity contribution is 0.387. The van der Waals surface area contributed by atoms with E-state index in [-0.39, 0.29) is 0 Å². The van der Waals surface area contributed by atoms with Crippen LogP contribution in [0.5, 0.6) is 0 Å². The Labute approximate surface area is 105 Å². The molecule has 84 valence electrons. The summed E-state index contributed by atoms with van der Waals surface area (Å²) < 4.78 is 3.73. The maximum absolute atomic E-state index is 9.13. The van der Waals surface area contributed by atoms with Crippen LogP contribution in [0, 0.1) is 11.5 Å². The molecular formula is C11H12ClN3S. The van der Waals surface area contributed by atoms with E-state index in [1.54, 1.807) is 4.31 Å². The van der Waals surface area contributed by atoms with Gasteiger partial charge in [-0.25, -0.2) is 8.61 Å². The summed E-state index contributed by atoms with van der Waals surface area (Å²) in [6.07, 6.45) is 2.16. The summed E-state index contributed by atoms with van der Waals surface area (Å²) in [5.41, 5.74) is 1.93. The number of halogens is 1. The normalized spacial score (nSPS) is 16.1. The number of hydrogen-bond acceptors (Lipinski definition) is 4. The average molecular weight is 254 g/mol. The summed E-state index contributed by atoms with van der Waals surface area (Å²) in [4.78, 5) is 0. The van der Waals surface area contributed by atoms with Crippen LogP contribution in [0.15, 0.2) is 18.2 Å². The van der Waals surface area contributed by atoms with E-state index in [0.717, 1.165) is 17.8 Å². The van der Waals surface area contributed by atoms with Crippen molar-refractivity contribution >= 4 is 29.4 Å². The molecule has 2 rings (SSSR count). The van der Waals surface area contributed by atoms with Gasteiger partial charge < -0.3 is 0 Å². The number of benzene rings is 1. The number of fused-ring (bicyclic) bond motifs is 1. The first-order valence-electron chi connectivity index (χ1n) is 5.05. The van der Waals surface area contributed by atoms with Gasteiger partial charge in [-0.15, -0.1) is 0 Å². The summed E-state index contributed by atoms with van der Waals surface area (Å²) >= 11 is 7.54. The largest absolute Gasteiger partial charge is 0.224 e. The Morgan fingerprint density at radius 2 is 2.25 bits per heavy atom. The Kier molecular flexibility index (Phi) is 3.29. The van der Waals surface area contributed by atoms with Gasteiger partial charge in [0.15, 0.2) is 6.19 Å². The van der Waals surface area contributed by atoms with Crippen molar-refractivity contribution in [1.82, 2.24) is 4.31 Å². The molecule has 0 saturated carbocycles. The minimum absolute atomic E-state index is 0.382. The number of anilines is 1. The molecule has 0 aliphatic carbocycles. The highest BCUT2D eigenvalue weighted by molar-refractivity contribution is 7.98. The molecule has 0 atom stereocenters. The second kappa shape index (κ2) is 4.54. The summed E-state index contributed by atoms with van der Waals surface area (Å²) in [7, 11) is 0. The third kappa shape index (κ3) is 1.99. The number of para-hydroxylation sites is 1. The minimum atomic E-state index is 0.382. The van der Waals surface area contributed by atoms with Gasteiger partial charge in [-0.05, 0) is 25.5 Å². The van der Waals surface area contributed by atoms with Crippen LogP contribution in [0.25, 0.3) is 0 Å². The Hall–Kier alpha value is -0.890. The lowest BCUT2D eigenvalue weighted by atomic mass is 10.1. The maximum Gasteiger partial charge on any atom is 0.196 e. The minimum Gasteiger partial charge on any atom is -0.224 e. The maximum atomic E-state index is 9.13. The van der Waals surface area contributed by atoms with E-state index in [2.05, 4.69) is 24.3 Å². The standard InChI is InChI=1S/C11H12ClN3S/c1-8(2)14-6-9-4-3-5-10(12)11(9)15(7-13)16-14/h3-5,8H,6H2,1-2H3. The summed E-state index contributed by atoms with van der Waals surface area (Å²) in [5.74, 6) is 0. The zero-order valence-electron chi connectivity index (χ0n) is 9.14. The molecule has 0 radical (unpaired) electrons. The zero-order valence-corrected chi connectivity index (χ0v) is 10.7. The summed E-state index contributed by atoms with van der Waals surface area (Å²) in [6.45, 7) is 5.03. The van der Waals surface area contributed by atoms with Gasteiger partial charge in [-0.1, -0.05) is 23.7 Å². The van der Waals surface area contributed by atoms with Gasteiger partial charge in [0, 0.05) is 12.6 Å². The fraction of sp³-hybridized carbons (Fsp3) is 0.364. The quantitative estimate of drug-likeness (QED) is 0.567. The molecule has 0 aromatic heterocycles. The molecule has 1 heterocycles. The number of nitrogens with zero attached hydrogens (tertiary/aromatic N) is 3. The molecule has 0 bridgehead atoms. The van der Waals surface area contributed by atoms with Crippen molar-refractivity contribution in [2.75, 3.05) is 4.31 Å². The predicted molar refractivity (Wildman–Crippen MR) is 67.8 cm³/mol. The van der Waals surface area contributed by atoms with Crippen LogP contribution in [-0.2, 0) is 6.54 Å². The van der Waals surface area contributed by atoms with Crippen molar-refractivity contribution in [2.24, 2.45) is 0 Å². The van der Waals surface area contributed by atoms with Crippen LogP contribution < -0.4 is 4.31 Å². The van der Waals surface area contributed by atoms with Crippen molar-refractivity contribution in [3.63, 3.8) is 0 Å². The highest BCUT2D eigenvalue weighted by atomic mass is 35.5. The molecule has 0 saturated heterocycles. The van der Waals surface area contributed by atoms with E-state index < -0.39 is 0 Å². The first-order chi connectivity index (χ1) is 7.63. The van der Waals surface area contributed by atoms with Crippen LogP contribution in [0.1, 0.15) is 19.4 Å². The second-order valence-corrected chi connectivity index (χ2v) is 5.30. The Morgan fingerprint density at radius 3 is 2.88 bits per heavy atom. The molecule has 0 N–H and O–H groups in total. The van der Waals surface area contributed by atoms with Crippen molar-refractivity contribution in [3.8, 4) is 6.19 Å². The number of nitriles is 1. The average Bonchev–Trinajstić information content (AvgIpc) is 2.27. The van der Waals surface area contributed by atoms with Gasteiger partial charge >= 0.3 is 0 Å². The van der Waals surface area contributed by atoms with Gasteiger partial charge in [-0.3, -0.25) is 0 Å². The topological polar surface area (TPSA) is 30.3 Å². The molecule has 0 spiro atoms. The van der Waals surface area contributed by atoms with Crippen molar-refractivity contribution < 1.29 is 0 Å². The molecule has 1 aromatic rings. The number of hydrogen-bond donors (Lipinski definition) is 0. The first kappa shape index (κ1) is 11.6. The van der Waals surface area contributed by atoms with E-state index >= 15 is 0 Å². The van der Waals surface area contributed by atoms with E-state index in [0.29, 0.717) is 11.1 Å². The van der Waals surface area contributed by atoms with E-state index in [9.17, 15) is 0 Å². The third-order valence-corrected chi connectivity index (χ3v) is 3.95. The highest BCUT2D eigenvalue weighted by Gasteiger charge is 2.27. The van der Waals surface area contributed by atoms with Gasteiger partial charge in [0.25, 0.3) is 0 Å². The molecule has 16 heavy (non-hydrogen) atoms. The van der Waals surface area contributed by atoms with Gasteiger partial charge in [-0.2, -0.15) is 5.26 Å². The van der Waals surface area contributed by atoms with E-state index in [1.165, 1.54) is 12.1 Å². The monoisotopic (exact) mass is 253 g/mol. The fourth-order valence-corrected chi connectivity index (χ4v) is 2.86. The molecule has 1 aliphatic heterocycles. The molecule has 1 aromatic carbocycles. The van der Waals surface area contributed by atoms with Gasteiger partial charge in [0.1, 0.15) is 0 Å². The molecule has 5 heteroatoms. The number of rotatable bonds is 1. The molecule has 0 unspecified atom stereocenters. The van der Waals surface area contributed by atoms with Crippen LogP contribution >= 0.6 is 23.7 Å².